The van der Waals surface area contributed by atoms with E-state index in [0.29, 0.717) is 22.4 Å². The van der Waals surface area contributed by atoms with Crippen molar-refractivity contribution in [3.63, 3.8) is 0 Å². The van der Waals surface area contributed by atoms with Gasteiger partial charge in [0.1, 0.15) is 0 Å². The quantitative estimate of drug-likeness (QED) is 0.546. The van der Waals surface area contributed by atoms with Gasteiger partial charge in [-0.2, -0.15) is 5.10 Å². The number of aromatic nitrogens is 3. The Morgan fingerprint density at radius 2 is 1.67 bits per heavy atom. The maximum Gasteiger partial charge on any atom is 0.265 e. The van der Waals surface area contributed by atoms with Gasteiger partial charge < -0.3 is 0 Å². The molecule has 0 fully saturated rings. The van der Waals surface area contributed by atoms with Crippen LogP contribution in [0.3, 0.4) is 0 Å². The highest BCUT2D eigenvalue weighted by molar-refractivity contribution is 7.89. The standard InChI is InChI=1S/C22H20N4O3S/c1-14-9-11-17(12-10-14)26-21-20(15(2)24-26)18(22(27)25-30(3,28)29)13-19(23-21)16-7-5-4-6-8-16/h4-13H,1-3H3,(H,25,27). The number of sulfonamides is 1. The Kier molecular flexibility index (Phi) is 4.87. The van der Waals surface area contributed by atoms with Gasteiger partial charge in [-0.3, -0.25) is 4.79 Å². The molecule has 1 amide bonds. The van der Waals surface area contributed by atoms with Crippen LogP contribution in [-0.2, 0) is 10.0 Å². The van der Waals surface area contributed by atoms with Crippen molar-refractivity contribution in [1.82, 2.24) is 19.5 Å². The zero-order valence-corrected chi connectivity index (χ0v) is 17.6. The van der Waals surface area contributed by atoms with E-state index in [2.05, 4.69) is 9.82 Å². The van der Waals surface area contributed by atoms with E-state index >= 15 is 0 Å². The molecule has 30 heavy (non-hydrogen) atoms. The van der Waals surface area contributed by atoms with Gasteiger partial charge in [0.2, 0.25) is 10.0 Å². The molecule has 0 saturated carbocycles. The van der Waals surface area contributed by atoms with Crippen molar-refractivity contribution in [3.05, 3.63) is 77.5 Å². The van der Waals surface area contributed by atoms with Crippen LogP contribution in [0.2, 0.25) is 0 Å². The van der Waals surface area contributed by atoms with Gasteiger partial charge >= 0.3 is 0 Å². The molecular formula is C22H20N4O3S. The Morgan fingerprint density at radius 1 is 1.00 bits per heavy atom. The molecule has 0 spiro atoms. The average molecular weight is 420 g/mol. The molecule has 0 saturated heterocycles. The van der Waals surface area contributed by atoms with Crippen LogP contribution in [0.4, 0.5) is 0 Å². The number of carbonyl (C=O) groups is 1. The third kappa shape index (κ3) is 3.81. The van der Waals surface area contributed by atoms with Crippen molar-refractivity contribution in [2.45, 2.75) is 13.8 Å². The van der Waals surface area contributed by atoms with Gasteiger partial charge in [0, 0.05) is 5.56 Å². The van der Waals surface area contributed by atoms with Crippen molar-refractivity contribution in [2.24, 2.45) is 0 Å². The predicted octanol–water partition coefficient (Wildman–Crippen LogP) is 3.39. The van der Waals surface area contributed by atoms with Gasteiger partial charge in [-0.15, -0.1) is 0 Å². The van der Waals surface area contributed by atoms with Crippen molar-refractivity contribution in [3.8, 4) is 16.9 Å². The van der Waals surface area contributed by atoms with Crippen LogP contribution in [0, 0.1) is 13.8 Å². The van der Waals surface area contributed by atoms with Gasteiger partial charge in [0.25, 0.3) is 5.91 Å². The normalized spacial score (nSPS) is 11.6. The fraction of sp³-hybridized carbons (Fsp3) is 0.136. The Morgan fingerprint density at radius 3 is 2.30 bits per heavy atom. The SMILES string of the molecule is Cc1ccc(-n2nc(C)c3c(C(=O)NS(C)(=O)=O)cc(-c4ccccc4)nc32)cc1. The van der Waals surface area contributed by atoms with Crippen molar-refractivity contribution in [1.29, 1.82) is 0 Å². The average Bonchev–Trinajstić information content (AvgIpc) is 3.04. The molecule has 1 N–H and O–H groups in total. The lowest BCUT2D eigenvalue weighted by Crippen LogP contribution is -2.29. The van der Waals surface area contributed by atoms with E-state index in [1.165, 1.54) is 0 Å². The van der Waals surface area contributed by atoms with Crippen molar-refractivity contribution >= 4 is 27.0 Å². The van der Waals surface area contributed by atoms with Crippen LogP contribution < -0.4 is 4.72 Å². The molecule has 0 aliphatic rings. The van der Waals surface area contributed by atoms with Crippen LogP contribution in [0.1, 0.15) is 21.6 Å². The molecular weight excluding hydrogens is 400 g/mol. The van der Waals surface area contributed by atoms with Crippen LogP contribution in [0.15, 0.2) is 60.7 Å². The smallest absolute Gasteiger partial charge is 0.265 e. The first-order valence-corrected chi connectivity index (χ1v) is 11.2. The first kappa shape index (κ1) is 19.8. The fourth-order valence-electron chi connectivity index (χ4n) is 3.31. The third-order valence-electron chi connectivity index (χ3n) is 4.68. The minimum atomic E-state index is -3.73. The summed E-state index contributed by atoms with van der Waals surface area (Å²) in [5.74, 6) is -0.714. The van der Waals surface area contributed by atoms with Gasteiger partial charge in [0.05, 0.1) is 34.3 Å². The summed E-state index contributed by atoms with van der Waals surface area (Å²) in [6.45, 7) is 3.77. The second-order valence-electron chi connectivity index (χ2n) is 7.16. The fourth-order valence-corrected chi connectivity index (χ4v) is 3.76. The molecule has 2 aromatic heterocycles. The van der Waals surface area contributed by atoms with Gasteiger partial charge in [-0.05, 0) is 32.0 Å². The van der Waals surface area contributed by atoms with E-state index < -0.39 is 15.9 Å². The number of nitrogens with one attached hydrogen (secondary N) is 1. The molecule has 0 atom stereocenters. The van der Waals surface area contributed by atoms with Gasteiger partial charge in [-0.25, -0.2) is 22.8 Å². The number of fused-ring (bicyclic) bond motifs is 1. The zero-order valence-electron chi connectivity index (χ0n) is 16.7. The minimum absolute atomic E-state index is 0.208. The maximum atomic E-state index is 12.8. The van der Waals surface area contributed by atoms with E-state index in [0.717, 1.165) is 23.1 Å². The summed E-state index contributed by atoms with van der Waals surface area (Å²) < 4.78 is 27.1. The molecule has 0 aliphatic heterocycles. The Labute approximate surface area is 174 Å². The lowest BCUT2D eigenvalue weighted by molar-refractivity contribution is 0.0983. The molecule has 4 rings (SSSR count). The highest BCUT2D eigenvalue weighted by Gasteiger charge is 2.22. The third-order valence-corrected chi connectivity index (χ3v) is 5.24. The molecule has 0 unspecified atom stereocenters. The minimum Gasteiger partial charge on any atom is -0.268 e. The largest absolute Gasteiger partial charge is 0.268 e. The predicted molar refractivity (Wildman–Crippen MR) is 116 cm³/mol. The number of hydrogen-bond donors (Lipinski definition) is 1. The van der Waals surface area contributed by atoms with E-state index in [9.17, 15) is 13.2 Å². The number of carbonyl (C=O) groups excluding carboxylic acids is 1. The maximum absolute atomic E-state index is 12.8. The summed E-state index contributed by atoms with van der Waals surface area (Å²) in [6.07, 6.45) is 0.948. The molecule has 4 aromatic rings. The number of hydrogen-bond acceptors (Lipinski definition) is 5. The first-order valence-electron chi connectivity index (χ1n) is 9.28. The Bertz CT molecular complexity index is 1360. The summed E-state index contributed by atoms with van der Waals surface area (Å²) in [5, 5.41) is 5.10. The second kappa shape index (κ2) is 7.38. The van der Waals surface area contributed by atoms with Crippen LogP contribution >= 0.6 is 0 Å². The molecule has 2 aromatic carbocycles. The number of nitrogens with zero attached hydrogens (tertiary/aromatic N) is 3. The van der Waals surface area contributed by atoms with Crippen LogP contribution in [0.5, 0.6) is 0 Å². The highest BCUT2D eigenvalue weighted by atomic mass is 32.2. The molecule has 0 radical (unpaired) electrons. The number of pyridine rings is 1. The van der Waals surface area contributed by atoms with Gasteiger partial charge in [-0.1, -0.05) is 48.0 Å². The molecule has 2 heterocycles. The Balaban J connectivity index is 2.02. The van der Waals surface area contributed by atoms with Crippen molar-refractivity contribution in [2.75, 3.05) is 6.26 Å². The monoisotopic (exact) mass is 420 g/mol. The summed E-state index contributed by atoms with van der Waals surface area (Å²) in [6, 6.07) is 18.8. The zero-order chi connectivity index (χ0) is 21.5. The van der Waals surface area contributed by atoms with Crippen molar-refractivity contribution < 1.29 is 13.2 Å². The van der Waals surface area contributed by atoms with Crippen LogP contribution in [0.25, 0.3) is 28.0 Å². The highest BCUT2D eigenvalue weighted by Crippen LogP contribution is 2.29. The topological polar surface area (TPSA) is 94.0 Å². The number of rotatable bonds is 4. The number of amides is 1. The molecule has 152 valence electrons. The first-order chi connectivity index (χ1) is 14.2. The van der Waals surface area contributed by atoms with E-state index in [4.69, 9.17) is 4.98 Å². The molecule has 8 heteroatoms. The Hall–Kier alpha value is -3.52. The lowest BCUT2D eigenvalue weighted by atomic mass is 10.1. The number of aryl methyl sites for hydroxylation is 2. The summed E-state index contributed by atoms with van der Waals surface area (Å²) in [4.78, 5) is 17.6. The molecule has 0 aliphatic carbocycles. The van der Waals surface area contributed by atoms with Crippen LogP contribution in [-0.4, -0.2) is 35.3 Å². The second-order valence-corrected chi connectivity index (χ2v) is 8.90. The molecule has 7 nitrogen and oxygen atoms in total. The lowest BCUT2D eigenvalue weighted by Gasteiger charge is -2.09. The van der Waals surface area contributed by atoms with E-state index in [-0.39, 0.29) is 5.56 Å². The summed E-state index contributed by atoms with van der Waals surface area (Å²) in [7, 11) is -3.73. The van der Waals surface area contributed by atoms with E-state index in [1.54, 1.807) is 17.7 Å². The molecule has 0 bridgehead atoms. The van der Waals surface area contributed by atoms with Gasteiger partial charge in [0.15, 0.2) is 5.65 Å². The summed E-state index contributed by atoms with van der Waals surface area (Å²) in [5.41, 5.74) is 4.54. The van der Waals surface area contributed by atoms with E-state index in [1.807, 2.05) is 61.5 Å². The summed E-state index contributed by atoms with van der Waals surface area (Å²) >= 11 is 0. The number of benzene rings is 2.